The van der Waals surface area contributed by atoms with E-state index in [1.54, 1.807) is 26.0 Å². The van der Waals surface area contributed by atoms with Crippen LogP contribution in [0.1, 0.15) is 45.0 Å². The molecule has 0 aliphatic carbocycles. The van der Waals surface area contributed by atoms with Gasteiger partial charge in [0.15, 0.2) is 0 Å². The molecule has 0 aliphatic rings. The van der Waals surface area contributed by atoms with Crippen LogP contribution in [0.4, 0.5) is 0 Å². The highest BCUT2D eigenvalue weighted by molar-refractivity contribution is 5.62. The van der Waals surface area contributed by atoms with Gasteiger partial charge in [-0.1, -0.05) is 72.8 Å². The molecule has 7 rings (SSSR count). The van der Waals surface area contributed by atoms with Crippen molar-refractivity contribution in [3.8, 4) is 34.1 Å². The molecule has 7 aromatic rings. The second-order valence-electron chi connectivity index (χ2n) is 12.4. The van der Waals surface area contributed by atoms with Crippen molar-refractivity contribution in [2.45, 2.75) is 54.4 Å². The van der Waals surface area contributed by atoms with E-state index in [9.17, 15) is 0 Å². The maximum Gasteiger partial charge on any atom is 0.122 e. The molecule has 0 saturated carbocycles. The summed E-state index contributed by atoms with van der Waals surface area (Å²) in [5.74, 6) is 0.537. The predicted octanol–water partition coefficient (Wildman–Crippen LogP) is 10.1. The Morgan fingerprint density at radius 1 is 0.352 bits per heavy atom. The number of benzene rings is 4. The third-order valence-electron chi connectivity index (χ3n) is 8.35. The van der Waals surface area contributed by atoms with Gasteiger partial charge in [0.1, 0.15) is 23.0 Å². The highest BCUT2D eigenvalue weighted by Gasteiger charge is 2.00. The first kappa shape index (κ1) is 41.9. The van der Waals surface area contributed by atoms with E-state index in [-0.39, 0.29) is 23.0 Å². The number of nitrogens with zero attached hydrogens (tertiary/aromatic N) is 4. The Morgan fingerprint density at radius 2 is 0.630 bits per heavy atom. The van der Waals surface area contributed by atoms with Crippen LogP contribution in [0.25, 0.3) is 11.1 Å². The lowest BCUT2D eigenvalue weighted by atomic mass is 10.1. The summed E-state index contributed by atoms with van der Waals surface area (Å²) >= 11 is 0. The van der Waals surface area contributed by atoms with Gasteiger partial charge in [-0.2, -0.15) is 0 Å². The molecule has 0 atom stereocenters. The summed E-state index contributed by atoms with van der Waals surface area (Å²) in [7, 11) is 0. The minimum absolute atomic E-state index is 0.134. The molecule has 54 heavy (non-hydrogen) atoms. The van der Waals surface area contributed by atoms with E-state index in [1.165, 1.54) is 46.5 Å². The van der Waals surface area contributed by atoms with Gasteiger partial charge in [0, 0.05) is 35.9 Å². The molecule has 0 unspecified atom stereocenters. The summed E-state index contributed by atoms with van der Waals surface area (Å²) in [6.07, 6.45) is 9.46. The molecule has 8 nitrogen and oxygen atoms in total. The number of rotatable bonds is 4. The second-order valence-corrected chi connectivity index (χ2v) is 12.4. The van der Waals surface area contributed by atoms with Crippen molar-refractivity contribution >= 4 is 0 Å². The third-order valence-corrected chi connectivity index (χ3v) is 8.35. The van der Waals surface area contributed by atoms with Crippen molar-refractivity contribution in [2.75, 3.05) is 0 Å². The van der Waals surface area contributed by atoms with Crippen LogP contribution in [0.2, 0.25) is 0 Å². The number of aromatic hydroxyl groups is 4. The lowest BCUT2D eigenvalue weighted by molar-refractivity contribution is 0.442. The molecule has 278 valence electrons. The molecule has 3 heterocycles. The van der Waals surface area contributed by atoms with Gasteiger partial charge in [-0.25, -0.2) is 0 Å². The van der Waals surface area contributed by atoms with Crippen molar-refractivity contribution in [2.24, 2.45) is 0 Å². The SMILES string of the molecule is Cc1c(O)cccc1O.Cc1c(O)cccc1O.Cc1nc(C)c(C)nc1C.c1cc(CCc2ccncc2)ccn1.c1ccc(-c2ccccc2)cc1. The number of aromatic nitrogens is 4. The van der Waals surface area contributed by atoms with Crippen LogP contribution in [-0.2, 0) is 12.8 Å². The third kappa shape index (κ3) is 14.6. The Labute approximate surface area is 319 Å². The fraction of sp³-hybridized carbons (Fsp3) is 0.174. The maximum absolute atomic E-state index is 8.94. The Morgan fingerprint density at radius 3 is 0.889 bits per heavy atom. The molecule has 0 amide bonds. The lowest BCUT2D eigenvalue weighted by Crippen LogP contribution is -1.97. The molecule has 0 saturated heterocycles. The van der Waals surface area contributed by atoms with Gasteiger partial charge in [0.2, 0.25) is 0 Å². The number of phenols is 4. The number of hydrogen-bond donors (Lipinski definition) is 4. The molecule has 0 spiro atoms. The highest BCUT2D eigenvalue weighted by Crippen LogP contribution is 2.24. The standard InChI is InChI=1S/C12H12N2.C12H10.C8H12N2.2C7H8O2/c1(11-3-7-13-8-4-11)2-12-5-9-14-10-6-12;1-3-7-11(8-4-1)12-9-5-2-6-10-12;1-5-6(2)10-8(4)7(3)9-5;2*1-5-6(8)3-2-4-7(5)9/h3-10H,1-2H2;1-10H;1-4H3;2*2-4,8-9H,1H3. The zero-order chi connectivity index (χ0) is 39.3. The van der Waals surface area contributed by atoms with Crippen molar-refractivity contribution in [1.29, 1.82) is 0 Å². The van der Waals surface area contributed by atoms with Crippen LogP contribution in [0.3, 0.4) is 0 Å². The normalized spacial score (nSPS) is 9.74. The van der Waals surface area contributed by atoms with Crippen molar-refractivity contribution in [1.82, 2.24) is 19.9 Å². The molecular formula is C46H50N4O4. The van der Waals surface area contributed by atoms with Crippen LogP contribution >= 0.6 is 0 Å². The number of pyridine rings is 2. The molecule has 0 aliphatic heterocycles. The molecule has 3 aromatic heterocycles. The van der Waals surface area contributed by atoms with Crippen LogP contribution in [0.5, 0.6) is 23.0 Å². The first-order chi connectivity index (χ1) is 26.0. The summed E-state index contributed by atoms with van der Waals surface area (Å²) in [6.45, 7) is 11.2. The number of aryl methyl sites for hydroxylation is 6. The highest BCUT2D eigenvalue weighted by atomic mass is 16.3. The minimum atomic E-state index is 0.134. The molecule has 4 aromatic carbocycles. The van der Waals surface area contributed by atoms with Crippen molar-refractivity contribution in [3.05, 3.63) is 191 Å². The fourth-order valence-corrected chi connectivity index (χ4v) is 4.70. The summed E-state index contributed by atoms with van der Waals surface area (Å²) in [5, 5.41) is 35.8. The van der Waals surface area contributed by atoms with E-state index < -0.39 is 0 Å². The summed E-state index contributed by atoms with van der Waals surface area (Å²) in [5.41, 5.74) is 10.4. The molecule has 4 N–H and O–H groups in total. The number of hydrogen-bond acceptors (Lipinski definition) is 8. The van der Waals surface area contributed by atoms with Gasteiger partial charge in [-0.15, -0.1) is 0 Å². The van der Waals surface area contributed by atoms with Crippen molar-refractivity contribution < 1.29 is 20.4 Å². The Hall–Kier alpha value is -6.54. The van der Waals surface area contributed by atoms with Crippen LogP contribution < -0.4 is 0 Å². The zero-order valence-corrected chi connectivity index (χ0v) is 31.8. The van der Waals surface area contributed by atoms with E-state index in [2.05, 4.69) is 92.7 Å². The molecule has 8 heteroatoms. The summed E-state index contributed by atoms with van der Waals surface area (Å²) in [4.78, 5) is 16.6. The molecule has 0 fully saturated rings. The van der Waals surface area contributed by atoms with Gasteiger partial charge in [0.25, 0.3) is 0 Å². The zero-order valence-electron chi connectivity index (χ0n) is 31.8. The molecule has 0 bridgehead atoms. The molecule has 0 radical (unpaired) electrons. The van der Waals surface area contributed by atoms with Crippen LogP contribution in [-0.4, -0.2) is 40.4 Å². The van der Waals surface area contributed by atoms with E-state index >= 15 is 0 Å². The van der Waals surface area contributed by atoms with E-state index in [0.717, 1.165) is 35.6 Å². The average molecular weight is 723 g/mol. The van der Waals surface area contributed by atoms with E-state index in [4.69, 9.17) is 20.4 Å². The van der Waals surface area contributed by atoms with E-state index in [0.29, 0.717) is 11.1 Å². The Bertz CT molecular complexity index is 1900. The Balaban J connectivity index is 0.000000184. The van der Waals surface area contributed by atoms with Crippen LogP contribution in [0, 0.1) is 41.5 Å². The van der Waals surface area contributed by atoms with Gasteiger partial charge in [-0.3, -0.25) is 19.9 Å². The molecular weight excluding hydrogens is 673 g/mol. The first-order valence-electron chi connectivity index (χ1n) is 17.6. The second kappa shape index (κ2) is 22.4. The summed E-state index contributed by atoms with van der Waals surface area (Å²) in [6, 6.07) is 38.3. The van der Waals surface area contributed by atoms with Crippen LogP contribution in [0.15, 0.2) is 146 Å². The van der Waals surface area contributed by atoms with E-state index in [1.807, 2.05) is 64.6 Å². The number of phenolic OH excluding ortho intramolecular Hbond substituents is 4. The fourth-order valence-electron chi connectivity index (χ4n) is 4.70. The first-order valence-corrected chi connectivity index (χ1v) is 17.6. The minimum Gasteiger partial charge on any atom is -0.508 e. The van der Waals surface area contributed by atoms with Crippen molar-refractivity contribution in [3.63, 3.8) is 0 Å². The Kier molecular flexibility index (Phi) is 17.4. The van der Waals surface area contributed by atoms with Gasteiger partial charge in [0.05, 0.1) is 22.8 Å². The lowest BCUT2D eigenvalue weighted by Gasteiger charge is -2.01. The monoisotopic (exact) mass is 722 g/mol. The van der Waals surface area contributed by atoms with Gasteiger partial charge >= 0.3 is 0 Å². The van der Waals surface area contributed by atoms with Gasteiger partial charge < -0.3 is 20.4 Å². The smallest absolute Gasteiger partial charge is 0.122 e. The summed E-state index contributed by atoms with van der Waals surface area (Å²) < 4.78 is 0. The predicted molar refractivity (Wildman–Crippen MR) is 218 cm³/mol. The maximum atomic E-state index is 8.94. The average Bonchev–Trinajstić information content (AvgIpc) is 3.20. The quantitative estimate of drug-likeness (QED) is 0.141. The largest absolute Gasteiger partial charge is 0.508 e. The van der Waals surface area contributed by atoms with Gasteiger partial charge in [-0.05, 0) is 125 Å². The topological polar surface area (TPSA) is 132 Å².